The minimum Gasteiger partial charge on any atom is -0.460 e. The predicted octanol–water partition coefficient (Wildman–Crippen LogP) is 1.94. The average molecular weight is 311 g/mol. The summed E-state index contributed by atoms with van der Waals surface area (Å²) in [5.41, 5.74) is 1.30. The van der Waals surface area contributed by atoms with Gasteiger partial charge in [0.1, 0.15) is 0 Å². The lowest BCUT2D eigenvalue weighted by Crippen LogP contribution is -2.29. The van der Waals surface area contributed by atoms with Crippen molar-refractivity contribution in [3.8, 4) is 0 Å². The summed E-state index contributed by atoms with van der Waals surface area (Å²) in [6.45, 7) is 1.75. The van der Waals surface area contributed by atoms with Crippen molar-refractivity contribution in [1.82, 2.24) is 0 Å². The molecular weight excluding hydrogens is 300 g/mol. The van der Waals surface area contributed by atoms with E-state index >= 15 is 0 Å². The number of hydrogen-bond acceptors (Lipinski definition) is 4. The fraction of sp³-hybridized carbons (Fsp3) is 0.308. The van der Waals surface area contributed by atoms with E-state index in [1.807, 2.05) is 0 Å². The maximum Gasteiger partial charge on any atom is 0.375 e. The standard InChI is InChI=1S/C13H11BrO4/c1-2-18-13(17)12(16)10-6-7-5-8(14)3-4-9(7)11(10)15/h3-5,10H,2,6H2,1H3. The number of halogens is 1. The number of hydrogen-bond donors (Lipinski definition) is 0. The van der Waals surface area contributed by atoms with Gasteiger partial charge in [-0.1, -0.05) is 15.9 Å². The van der Waals surface area contributed by atoms with Crippen LogP contribution in [0.25, 0.3) is 0 Å². The fourth-order valence-electron chi connectivity index (χ4n) is 2.03. The first-order chi connectivity index (χ1) is 8.54. The Morgan fingerprint density at radius 1 is 1.44 bits per heavy atom. The van der Waals surface area contributed by atoms with Gasteiger partial charge in [0.05, 0.1) is 12.5 Å². The number of ether oxygens (including phenoxy) is 1. The van der Waals surface area contributed by atoms with E-state index in [-0.39, 0.29) is 18.8 Å². The van der Waals surface area contributed by atoms with E-state index in [1.165, 1.54) is 0 Å². The molecule has 1 aromatic carbocycles. The highest BCUT2D eigenvalue weighted by Gasteiger charge is 2.39. The molecular formula is C13H11BrO4. The maximum absolute atomic E-state index is 12.0. The van der Waals surface area contributed by atoms with Crippen molar-refractivity contribution in [2.45, 2.75) is 13.3 Å². The maximum atomic E-state index is 12.0. The molecule has 0 saturated carbocycles. The van der Waals surface area contributed by atoms with Gasteiger partial charge in [-0.3, -0.25) is 9.59 Å². The number of rotatable bonds is 3. The minimum atomic E-state index is -0.928. The van der Waals surface area contributed by atoms with Crippen LogP contribution >= 0.6 is 15.9 Å². The van der Waals surface area contributed by atoms with E-state index in [0.29, 0.717) is 5.56 Å². The lowest BCUT2D eigenvalue weighted by atomic mass is 10.00. The molecule has 1 aliphatic carbocycles. The summed E-state index contributed by atoms with van der Waals surface area (Å²) in [6, 6.07) is 5.21. The second-order valence-corrected chi connectivity index (χ2v) is 4.92. The molecule has 1 atom stereocenters. The quantitative estimate of drug-likeness (QED) is 0.486. The minimum absolute atomic E-state index is 0.129. The van der Waals surface area contributed by atoms with Crippen LogP contribution in [0.4, 0.5) is 0 Å². The second-order valence-electron chi connectivity index (χ2n) is 4.01. The molecule has 1 aromatic rings. The fourth-order valence-corrected chi connectivity index (χ4v) is 2.44. The Hall–Kier alpha value is -1.49. The zero-order chi connectivity index (χ0) is 13.3. The molecule has 1 unspecified atom stereocenters. The van der Waals surface area contributed by atoms with Gasteiger partial charge in [0.25, 0.3) is 5.78 Å². The SMILES string of the molecule is CCOC(=O)C(=O)C1Cc2cc(Br)ccc2C1=O. The smallest absolute Gasteiger partial charge is 0.375 e. The molecule has 94 valence electrons. The molecule has 0 saturated heterocycles. The first-order valence-electron chi connectivity index (χ1n) is 5.58. The number of benzene rings is 1. The van der Waals surface area contributed by atoms with Crippen LogP contribution in [0.15, 0.2) is 22.7 Å². The van der Waals surface area contributed by atoms with Crippen molar-refractivity contribution in [3.63, 3.8) is 0 Å². The van der Waals surface area contributed by atoms with Gasteiger partial charge in [-0.25, -0.2) is 4.79 Å². The zero-order valence-corrected chi connectivity index (χ0v) is 11.3. The Morgan fingerprint density at radius 2 is 2.17 bits per heavy atom. The molecule has 0 fully saturated rings. The van der Waals surface area contributed by atoms with Crippen molar-refractivity contribution in [2.24, 2.45) is 5.92 Å². The van der Waals surface area contributed by atoms with Crippen LogP contribution in [0.1, 0.15) is 22.8 Å². The Kier molecular flexibility index (Phi) is 3.61. The summed E-state index contributed by atoms with van der Waals surface area (Å²) in [4.78, 5) is 35.2. The lowest BCUT2D eigenvalue weighted by Gasteiger charge is -2.05. The highest BCUT2D eigenvalue weighted by molar-refractivity contribution is 9.10. The van der Waals surface area contributed by atoms with Crippen LogP contribution in [0, 0.1) is 5.92 Å². The summed E-state index contributed by atoms with van der Waals surface area (Å²) in [7, 11) is 0. The van der Waals surface area contributed by atoms with E-state index in [2.05, 4.69) is 20.7 Å². The summed E-state index contributed by atoms with van der Waals surface area (Å²) in [6.07, 6.45) is 0.269. The molecule has 0 N–H and O–H groups in total. The van der Waals surface area contributed by atoms with Crippen LogP contribution in [0.5, 0.6) is 0 Å². The topological polar surface area (TPSA) is 60.4 Å². The number of ketones is 2. The van der Waals surface area contributed by atoms with Crippen molar-refractivity contribution in [3.05, 3.63) is 33.8 Å². The lowest BCUT2D eigenvalue weighted by molar-refractivity contribution is -0.154. The number of Topliss-reactive ketones (excluding diaryl/α,β-unsaturated/α-hetero) is 2. The molecule has 0 bridgehead atoms. The molecule has 0 heterocycles. The first-order valence-corrected chi connectivity index (χ1v) is 6.37. The molecule has 0 aromatic heterocycles. The van der Waals surface area contributed by atoms with Gasteiger partial charge >= 0.3 is 5.97 Å². The monoisotopic (exact) mass is 310 g/mol. The third-order valence-corrected chi connectivity index (χ3v) is 3.36. The summed E-state index contributed by atoms with van der Waals surface area (Å²) in [5.74, 6) is -2.90. The first kappa shape index (κ1) is 13.0. The molecule has 4 nitrogen and oxygen atoms in total. The van der Waals surface area contributed by atoms with Crippen LogP contribution in [0.2, 0.25) is 0 Å². The molecule has 18 heavy (non-hydrogen) atoms. The normalized spacial score (nSPS) is 17.4. The Bertz CT molecular complexity index is 536. The van der Waals surface area contributed by atoms with Gasteiger partial charge in [0.15, 0.2) is 5.78 Å². The van der Waals surface area contributed by atoms with E-state index in [0.717, 1.165) is 10.0 Å². The number of fused-ring (bicyclic) bond motifs is 1. The molecule has 0 radical (unpaired) electrons. The van der Waals surface area contributed by atoms with Crippen LogP contribution in [-0.4, -0.2) is 24.1 Å². The Morgan fingerprint density at radius 3 is 2.83 bits per heavy atom. The van der Waals surface area contributed by atoms with Crippen molar-refractivity contribution < 1.29 is 19.1 Å². The highest BCUT2D eigenvalue weighted by Crippen LogP contribution is 2.29. The van der Waals surface area contributed by atoms with Crippen LogP contribution in [-0.2, 0) is 20.7 Å². The van der Waals surface area contributed by atoms with E-state index in [1.54, 1.807) is 25.1 Å². The number of carbonyl (C=O) groups is 3. The number of esters is 1. The predicted molar refractivity (Wildman–Crippen MR) is 67.3 cm³/mol. The number of carbonyl (C=O) groups excluding carboxylic acids is 3. The third kappa shape index (κ3) is 2.22. The van der Waals surface area contributed by atoms with Gasteiger partial charge in [-0.15, -0.1) is 0 Å². The van der Waals surface area contributed by atoms with Crippen LogP contribution < -0.4 is 0 Å². The molecule has 5 heteroatoms. The summed E-state index contributed by atoms with van der Waals surface area (Å²) in [5, 5.41) is 0. The van der Waals surface area contributed by atoms with E-state index < -0.39 is 17.7 Å². The molecule has 0 spiro atoms. The Labute approximate surface area is 112 Å². The Balaban J connectivity index is 2.23. The molecule has 0 amide bonds. The van der Waals surface area contributed by atoms with Gasteiger partial charge in [-0.2, -0.15) is 0 Å². The van der Waals surface area contributed by atoms with E-state index in [4.69, 9.17) is 0 Å². The van der Waals surface area contributed by atoms with Crippen molar-refractivity contribution >= 4 is 33.5 Å². The largest absolute Gasteiger partial charge is 0.460 e. The van der Waals surface area contributed by atoms with Gasteiger partial charge in [0, 0.05) is 10.0 Å². The third-order valence-electron chi connectivity index (χ3n) is 2.87. The molecule has 1 aliphatic rings. The summed E-state index contributed by atoms with van der Waals surface area (Å²) < 4.78 is 5.48. The van der Waals surface area contributed by atoms with Gasteiger partial charge in [-0.05, 0) is 37.1 Å². The summed E-state index contributed by atoms with van der Waals surface area (Å²) >= 11 is 3.31. The van der Waals surface area contributed by atoms with E-state index in [9.17, 15) is 14.4 Å². The molecule has 0 aliphatic heterocycles. The van der Waals surface area contributed by atoms with Crippen molar-refractivity contribution in [1.29, 1.82) is 0 Å². The zero-order valence-electron chi connectivity index (χ0n) is 9.73. The van der Waals surface area contributed by atoms with Crippen LogP contribution in [0.3, 0.4) is 0 Å². The van der Waals surface area contributed by atoms with Gasteiger partial charge in [0.2, 0.25) is 0 Å². The average Bonchev–Trinajstić information content (AvgIpc) is 2.65. The van der Waals surface area contributed by atoms with Crippen molar-refractivity contribution in [2.75, 3.05) is 6.61 Å². The molecule has 2 rings (SSSR count). The highest BCUT2D eigenvalue weighted by atomic mass is 79.9. The van der Waals surface area contributed by atoms with Gasteiger partial charge < -0.3 is 4.74 Å². The second kappa shape index (κ2) is 5.02.